The lowest BCUT2D eigenvalue weighted by Crippen LogP contribution is -2.54. The molecular formula is C38H55N7O10. The number of carboxylic acid groups (broad SMARTS) is 1. The van der Waals surface area contributed by atoms with Gasteiger partial charge in [-0.15, -0.1) is 4.91 Å². The van der Waals surface area contributed by atoms with E-state index in [2.05, 4.69) is 41.3 Å². The van der Waals surface area contributed by atoms with Gasteiger partial charge in [0.25, 0.3) is 5.69 Å². The van der Waals surface area contributed by atoms with Crippen LogP contribution in [0.1, 0.15) is 97.8 Å². The Morgan fingerprint density at radius 3 is 2.55 bits per heavy atom. The smallest absolute Gasteiger partial charge is 0.329 e. The van der Waals surface area contributed by atoms with Crippen molar-refractivity contribution in [2.75, 3.05) is 37.4 Å². The summed E-state index contributed by atoms with van der Waals surface area (Å²) in [6.45, 7) is 8.19. The van der Waals surface area contributed by atoms with Gasteiger partial charge < -0.3 is 30.4 Å². The van der Waals surface area contributed by atoms with Crippen LogP contribution in [0.5, 0.6) is 0 Å². The third-order valence-corrected chi connectivity index (χ3v) is 13.8. The predicted octanol–water partition coefficient (Wildman–Crippen LogP) is 7.69. The molecule has 5 rings (SSSR count). The van der Waals surface area contributed by atoms with E-state index < -0.39 is 46.4 Å². The number of nitrogens with zero attached hydrogens (tertiary/aromatic N) is 5. The fraction of sp³-hybridized carbons (Fsp3) is 0.763. The van der Waals surface area contributed by atoms with Crippen LogP contribution in [0.3, 0.4) is 0 Å². The zero-order valence-corrected chi connectivity index (χ0v) is 32.0. The number of rotatable bonds is 18. The Morgan fingerprint density at radius 2 is 1.84 bits per heavy atom. The fourth-order valence-corrected chi connectivity index (χ4v) is 11.2. The Hall–Kier alpha value is -4.50. The first-order chi connectivity index (χ1) is 26.2. The zero-order chi connectivity index (χ0) is 39.9. The quantitative estimate of drug-likeness (QED) is 0.0149. The van der Waals surface area contributed by atoms with Crippen molar-refractivity contribution in [1.82, 2.24) is 0 Å². The van der Waals surface area contributed by atoms with Crippen molar-refractivity contribution in [2.24, 2.45) is 56.6 Å². The molecule has 4 saturated carbocycles. The van der Waals surface area contributed by atoms with Crippen molar-refractivity contribution in [3.05, 3.63) is 37.6 Å². The van der Waals surface area contributed by atoms with E-state index in [0.29, 0.717) is 61.4 Å². The summed E-state index contributed by atoms with van der Waals surface area (Å²) in [6, 6.07) is 0.867. The topological polar surface area (TPSA) is 259 Å². The number of aliphatic carboxylic acids is 1. The van der Waals surface area contributed by atoms with Crippen LogP contribution in [-0.4, -0.2) is 66.4 Å². The van der Waals surface area contributed by atoms with Gasteiger partial charge in [-0.25, -0.2) is 4.79 Å². The molecule has 4 fully saturated rings. The summed E-state index contributed by atoms with van der Waals surface area (Å²) < 4.78 is 16.7. The molecule has 1 aromatic rings. The summed E-state index contributed by atoms with van der Waals surface area (Å²) in [4.78, 5) is 62.4. The minimum absolute atomic E-state index is 0.0929. The molecule has 17 heteroatoms. The van der Waals surface area contributed by atoms with Crippen LogP contribution >= 0.6 is 0 Å². The van der Waals surface area contributed by atoms with Gasteiger partial charge in [-0.2, -0.15) is 0 Å². The molecule has 0 saturated heterocycles. The van der Waals surface area contributed by atoms with Crippen molar-refractivity contribution < 1.29 is 38.6 Å². The van der Waals surface area contributed by atoms with E-state index in [-0.39, 0.29) is 48.3 Å². The van der Waals surface area contributed by atoms with Gasteiger partial charge in [0.15, 0.2) is 5.69 Å². The normalized spacial score (nSPS) is 30.6. The third kappa shape index (κ3) is 9.15. The maximum atomic E-state index is 13.5. The summed E-state index contributed by atoms with van der Waals surface area (Å²) in [6.07, 6.45) is 9.21. The highest BCUT2D eigenvalue weighted by atomic mass is 16.6. The van der Waals surface area contributed by atoms with E-state index in [9.17, 15) is 34.5 Å². The lowest BCUT2D eigenvalue weighted by atomic mass is 9.44. The van der Waals surface area contributed by atoms with Gasteiger partial charge in [0.2, 0.25) is 0 Å². The van der Waals surface area contributed by atoms with Crippen LogP contribution in [0.15, 0.2) is 22.4 Å². The monoisotopic (exact) mass is 769 g/mol. The molecule has 1 aromatic carbocycles. The maximum Gasteiger partial charge on any atom is 0.329 e. The number of nitro groups is 1. The van der Waals surface area contributed by atoms with Crippen LogP contribution in [0.4, 0.5) is 22.7 Å². The molecule has 10 atom stereocenters. The summed E-state index contributed by atoms with van der Waals surface area (Å²) in [7, 11) is 0. The number of benzene rings is 1. The standard InChI is InChI=1S/C38H55N7O10/c1-22(4-11-33(48)54-19-18-53-17-16-41-44-40)26-7-8-27-25-6-5-23-20-24(12-14-37(23,2)28(25)13-15-38(26,27)3)55-36(49)30(21-32(46)47)42-29-9-10-31(45(51)52)34(39)35(29)43-50/h9-10,22-28,30,42H,4-8,11-21,39H2,1-3H3,(H,46,47)/t22-,23-,24-,25+,26?,27+,28+,30+,37+,38-/m1/s1. The molecule has 4 aliphatic carbocycles. The SMILES string of the molecule is C[C@H](CCC(=O)OCCOCCN=[N+]=[N-])C1CC[C@H]2[C@@H]3CC[C@@H]4C[C@H](OC(=O)[C@H](CC(=O)O)Nc5ccc([N+](=O)[O-])c(N)c5N=O)CC[C@]4(C)[C@H]3CC[C@]12C. The molecule has 0 aromatic heterocycles. The maximum absolute atomic E-state index is 13.5. The van der Waals surface area contributed by atoms with Crippen LogP contribution in [-0.2, 0) is 28.6 Å². The molecule has 55 heavy (non-hydrogen) atoms. The van der Waals surface area contributed by atoms with Crippen LogP contribution < -0.4 is 11.1 Å². The molecule has 1 unspecified atom stereocenters. The number of hydrogen-bond acceptors (Lipinski definition) is 13. The first kappa shape index (κ1) is 41.7. The number of ether oxygens (including phenoxy) is 3. The van der Waals surface area contributed by atoms with Crippen LogP contribution in [0, 0.1) is 61.4 Å². The molecule has 0 amide bonds. The molecule has 17 nitrogen and oxygen atoms in total. The van der Waals surface area contributed by atoms with Gasteiger partial charge in [-0.05, 0) is 127 Å². The van der Waals surface area contributed by atoms with E-state index >= 15 is 0 Å². The lowest BCUT2D eigenvalue weighted by Gasteiger charge is -2.61. The molecule has 0 radical (unpaired) electrons. The van der Waals surface area contributed by atoms with Crippen molar-refractivity contribution in [1.29, 1.82) is 0 Å². The largest absolute Gasteiger partial charge is 0.481 e. The Labute approximate surface area is 320 Å². The predicted molar refractivity (Wildman–Crippen MR) is 202 cm³/mol. The number of esters is 2. The number of nitrogen functional groups attached to an aromatic ring is 1. The molecule has 4 aliphatic rings. The summed E-state index contributed by atoms with van der Waals surface area (Å²) in [5.74, 6) is 0.861. The number of carboxylic acids is 1. The fourth-order valence-electron chi connectivity index (χ4n) is 11.2. The highest BCUT2D eigenvalue weighted by Gasteiger charge is 2.60. The van der Waals surface area contributed by atoms with E-state index in [4.69, 9.17) is 25.5 Å². The minimum atomic E-state index is -1.37. The first-order valence-corrected chi connectivity index (χ1v) is 19.6. The molecular weight excluding hydrogens is 714 g/mol. The second kappa shape index (κ2) is 18.0. The molecule has 0 heterocycles. The second-order valence-electron chi connectivity index (χ2n) is 16.6. The van der Waals surface area contributed by atoms with Gasteiger partial charge in [0, 0.05) is 23.9 Å². The lowest BCUT2D eigenvalue weighted by molar-refractivity contribution is -0.383. The Bertz CT molecular complexity index is 1650. The van der Waals surface area contributed by atoms with Gasteiger partial charge in [0.05, 0.1) is 30.2 Å². The average molecular weight is 770 g/mol. The van der Waals surface area contributed by atoms with Crippen LogP contribution in [0.2, 0.25) is 0 Å². The van der Waals surface area contributed by atoms with E-state index in [0.717, 1.165) is 44.6 Å². The molecule has 302 valence electrons. The summed E-state index contributed by atoms with van der Waals surface area (Å²) in [5.41, 5.74) is 12.8. The highest BCUT2D eigenvalue weighted by Crippen LogP contribution is 2.68. The molecule has 0 spiro atoms. The number of nitroso groups, excluding NO2 is 1. The molecule has 4 N–H and O–H groups in total. The van der Waals surface area contributed by atoms with E-state index in [1.165, 1.54) is 18.9 Å². The zero-order valence-electron chi connectivity index (χ0n) is 32.0. The Balaban J connectivity index is 1.15. The number of hydrogen-bond donors (Lipinski definition) is 3. The highest BCUT2D eigenvalue weighted by molar-refractivity contribution is 5.90. The number of carbonyl (C=O) groups excluding carboxylic acids is 2. The van der Waals surface area contributed by atoms with Gasteiger partial charge in [-0.3, -0.25) is 19.7 Å². The van der Waals surface area contributed by atoms with Crippen molar-refractivity contribution in [3.63, 3.8) is 0 Å². The van der Waals surface area contributed by atoms with E-state index in [1.54, 1.807) is 0 Å². The number of anilines is 2. The molecule has 0 bridgehead atoms. The first-order valence-electron chi connectivity index (χ1n) is 19.6. The Morgan fingerprint density at radius 1 is 1.09 bits per heavy atom. The average Bonchev–Trinajstić information content (AvgIpc) is 3.50. The molecule has 0 aliphatic heterocycles. The van der Waals surface area contributed by atoms with Crippen LogP contribution in [0.25, 0.3) is 10.4 Å². The second-order valence-corrected chi connectivity index (χ2v) is 16.6. The summed E-state index contributed by atoms with van der Waals surface area (Å²) in [5, 5.41) is 29.8. The van der Waals surface area contributed by atoms with E-state index in [1.807, 2.05) is 0 Å². The van der Waals surface area contributed by atoms with Crippen molar-refractivity contribution in [3.8, 4) is 0 Å². The third-order valence-electron chi connectivity index (χ3n) is 13.8. The Kier molecular flexibility index (Phi) is 13.6. The number of nitrogens with two attached hydrogens (primary N) is 1. The number of fused-ring (bicyclic) bond motifs is 5. The summed E-state index contributed by atoms with van der Waals surface area (Å²) >= 11 is 0. The number of carbonyl (C=O) groups is 3. The number of nitro benzene ring substituents is 1. The van der Waals surface area contributed by atoms with Gasteiger partial charge >= 0.3 is 17.9 Å². The minimum Gasteiger partial charge on any atom is -0.481 e. The van der Waals surface area contributed by atoms with Gasteiger partial charge in [0.1, 0.15) is 24.4 Å². The number of azide groups is 1. The van der Waals surface area contributed by atoms with Crippen molar-refractivity contribution in [2.45, 2.75) is 110 Å². The van der Waals surface area contributed by atoms with Gasteiger partial charge in [-0.1, -0.05) is 25.9 Å². The number of nitrogens with one attached hydrogen (secondary N) is 1. The van der Waals surface area contributed by atoms with Crippen molar-refractivity contribution >= 4 is 40.7 Å².